The van der Waals surface area contributed by atoms with Crippen LogP contribution in [0.3, 0.4) is 0 Å². The van der Waals surface area contributed by atoms with Crippen molar-refractivity contribution in [3.63, 3.8) is 0 Å². The van der Waals surface area contributed by atoms with Gasteiger partial charge in [-0.25, -0.2) is 0 Å². The molecule has 1 aromatic heterocycles. The molecule has 7 heteroatoms. The zero-order chi connectivity index (χ0) is 11.7. The van der Waals surface area contributed by atoms with Gasteiger partial charge in [-0.05, 0) is 0 Å². The number of halogens is 1. The Morgan fingerprint density at radius 1 is 1.18 bits per heavy atom. The van der Waals surface area contributed by atoms with Crippen molar-refractivity contribution in [1.82, 2.24) is 9.97 Å². The summed E-state index contributed by atoms with van der Waals surface area (Å²) in [5, 5.41) is 1.05. The predicted molar refractivity (Wildman–Crippen MR) is 64.2 cm³/mol. The van der Waals surface area contributed by atoms with Crippen molar-refractivity contribution < 1.29 is 40.5 Å². The maximum absolute atomic E-state index is 5.78. The first kappa shape index (κ1) is 15.0. The monoisotopic (exact) mass is 327 g/mol. The molecule has 1 aromatic carbocycles. The number of methoxy groups -OCH3 is 2. The van der Waals surface area contributed by atoms with E-state index in [2.05, 4.69) is 26.0 Å². The number of fused-ring (bicyclic) bond motifs is 1. The van der Waals surface area contributed by atoms with Gasteiger partial charge in [0.2, 0.25) is 0 Å². The first-order valence-electron chi connectivity index (χ1n) is 4.42. The molecule has 0 fully saturated rings. The molecule has 0 aliphatic heterocycles. The molecule has 0 spiro atoms. The predicted octanol–water partition coefficient (Wildman–Crippen LogP) is -1.79. The van der Waals surface area contributed by atoms with Crippen LogP contribution in [-0.2, 0) is 0 Å². The van der Waals surface area contributed by atoms with E-state index >= 15 is 0 Å². The molecule has 0 N–H and O–H groups in total. The van der Waals surface area contributed by atoms with Crippen molar-refractivity contribution in [2.75, 3.05) is 14.2 Å². The largest absolute Gasteiger partial charge is 1.00 e. The van der Waals surface area contributed by atoms with Gasteiger partial charge in [-0.15, -0.1) is 0 Å². The average Bonchev–Trinajstić information content (AvgIpc) is 2.27. The van der Waals surface area contributed by atoms with Gasteiger partial charge in [0.25, 0.3) is 0 Å². The number of nitrogens with zero attached hydrogens (tertiary/aromatic N) is 2. The van der Waals surface area contributed by atoms with Crippen molar-refractivity contribution in [3.05, 3.63) is 17.4 Å². The fourth-order valence-electron chi connectivity index (χ4n) is 1.40. The molecule has 1 radical (unpaired) electrons. The van der Waals surface area contributed by atoms with Crippen LogP contribution in [0.15, 0.2) is 12.1 Å². The van der Waals surface area contributed by atoms with Gasteiger partial charge in [-0.1, -0.05) is 0 Å². The zero-order valence-electron chi connectivity index (χ0n) is 10.7. The molecule has 85 valence electrons. The Balaban J connectivity index is 0.00000144. The number of hydrogen-bond acceptors (Lipinski definition) is 4. The number of rotatable bonds is 2. The second-order valence-corrected chi connectivity index (χ2v) is 4.17. The normalized spacial score (nSPS) is 9.82. The first-order valence-corrected chi connectivity index (χ1v) is 5.65. The summed E-state index contributed by atoms with van der Waals surface area (Å²) in [5.41, 5.74) is 0.714. The van der Waals surface area contributed by atoms with Crippen molar-refractivity contribution >= 4 is 43.1 Å². The van der Waals surface area contributed by atoms with Crippen LogP contribution in [0.5, 0.6) is 11.5 Å². The van der Waals surface area contributed by atoms with Crippen LogP contribution in [0, 0.1) is 0 Å². The van der Waals surface area contributed by atoms with E-state index in [9.17, 15) is 0 Å². The van der Waals surface area contributed by atoms with Crippen LogP contribution < -0.4 is 43.6 Å². The summed E-state index contributed by atoms with van der Waals surface area (Å²) in [5.74, 6) is 1.25. The summed E-state index contributed by atoms with van der Waals surface area (Å²) >= 11 is 8.62. The standard InChI is InChI=1S/C10H8ClN2O2Se.Na.H/c1-14-7-3-5-6(4-8(7)15-2)12-10(11)13-9(5)16;;/h3-4H,1-2H3;;/q;+1;-1. The number of aromatic nitrogens is 2. The molecule has 0 saturated carbocycles. The molecule has 0 aliphatic carbocycles. The Morgan fingerprint density at radius 2 is 1.76 bits per heavy atom. The fraction of sp³-hybridized carbons (Fsp3) is 0.200. The Bertz CT molecular complexity index is 559. The second kappa shape index (κ2) is 6.23. The summed E-state index contributed by atoms with van der Waals surface area (Å²) in [4.78, 5) is 8.15. The van der Waals surface area contributed by atoms with Crippen LogP contribution >= 0.6 is 11.6 Å². The van der Waals surface area contributed by atoms with Gasteiger partial charge < -0.3 is 1.43 Å². The van der Waals surface area contributed by atoms with E-state index in [-0.39, 0.29) is 36.3 Å². The van der Waals surface area contributed by atoms with Crippen molar-refractivity contribution in [3.8, 4) is 11.5 Å². The summed E-state index contributed by atoms with van der Waals surface area (Å²) in [6, 6.07) is 3.58. The Kier molecular flexibility index (Phi) is 5.51. The Morgan fingerprint density at radius 3 is 2.35 bits per heavy atom. The third-order valence-electron chi connectivity index (χ3n) is 2.14. The van der Waals surface area contributed by atoms with E-state index in [4.69, 9.17) is 21.1 Å². The van der Waals surface area contributed by atoms with E-state index in [1.54, 1.807) is 20.3 Å². The Labute approximate surface area is 136 Å². The third kappa shape index (κ3) is 3.05. The van der Waals surface area contributed by atoms with Gasteiger partial charge in [0.1, 0.15) is 0 Å². The van der Waals surface area contributed by atoms with E-state index in [1.807, 2.05) is 6.07 Å². The number of benzene rings is 1. The fourth-order valence-corrected chi connectivity index (χ4v) is 2.21. The molecule has 2 aromatic rings. The van der Waals surface area contributed by atoms with Crippen LogP contribution in [-0.4, -0.2) is 40.2 Å². The molecule has 4 nitrogen and oxygen atoms in total. The molecule has 0 unspecified atom stereocenters. The molecule has 0 saturated heterocycles. The molecule has 0 bridgehead atoms. The molecule has 1 heterocycles. The molecular weight excluding hydrogens is 318 g/mol. The van der Waals surface area contributed by atoms with Gasteiger partial charge in [0, 0.05) is 0 Å². The average molecular weight is 327 g/mol. The molecule has 0 aliphatic rings. The second-order valence-electron chi connectivity index (χ2n) is 3.02. The Hall–Kier alpha value is -0.0305. The smallest absolute Gasteiger partial charge is 1.00 e. The minimum absolute atomic E-state index is 0. The van der Waals surface area contributed by atoms with E-state index in [1.165, 1.54) is 0 Å². The number of ether oxygens (including phenoxy) is 2. The van der Waals surface area contributed by atoms with Gasteiger partial charge in [-0.3, -0.25) is 0 Å². The third-order valence-corrected chi connectivity index (χ3v) is 2.96. The maximum atomic E-state index is 5.78. The summed E-state index contributed by atoms with van der Waals surface area (Å²) in [7, 11) is 3.16. The molecule has 0 atom stereocenters. The first-order chi connectivity index (χ1) is 7.65. The van der Waals surface area contributed by atoms with Gasteiger partial charge in [-0.2, -0.15) is 0 Å². The number of hydrogen-bond donors (Lipinski definition) is 0. The van der Waals surface area contributed by atoms with Gasteiger partial charge in [0.15, 0.2) is 0 Å². The summed E-state index contributed by atoms with van der Waals surface area (Å²) in [6.07, 6.45) is 0. The van der Waals surface area contributed by atoms with Crippen LogP contribution in [0.4, 0.5) is 0 Å². The molecule has 2 rings (SSSR count). The zero-order valence-corrected chi connectivity index (χ0v) is 14.1. The molecule has 0 amide bonds. The van der Waals surface area contributed by atoms with Crippen LogP contribution in [0.1, 0.15) is 1.43 Å². The van der Waals surface area contributed by atoms with Crippen molar-refractivity contribution in [2.45, 2.75) is 0 Å². The van der Waals surface area contributed by atoms with Crippen molar-refractivity contribution in [1.29, 1.82) is 0 Å². The quantitative estimate of drug-likeness (QED) is 0.483. The summed E-state index contributed by atoms with van der Waals surface area (Å²) in [6.45, 7) is 0. The molecule has 17 heavy (non-hydrogen) atoms. The van der Waals surface area contributed by atoms with Crippen LogP contribution in [0.2, 0.25) is 5.28 Å². The topological polar surface area (TPSA) is 44.2 Å². The summed E-state index contributed by atoms with van der Waals surface area (Å²) < 4.78 is 11.1. The van der Waals surface area contributed by atoms with Gasteiger partial charge >= 0.3 is 135 Å². The SMILES string of the molecule is COc1cc2nc(Cl)nc([Se])c2cc1OC.[H-].[Na+]. The maximum Gasteiger partial charge on any atom is 1.00 e. The van der Waals surface area contributed by atoms with E-state index < -0.39 is 0 Å². The molecular formula is C10H9ClN2NaO2Se. The van der Waals surface area contributed by atoms with Gasteiger partial charge in [0.05, 0.1) is 0 Å². The minimum Gasteiger partial charge on any atom is -1.00 e. The van der Waals surface area contributed by atoms with Crippen LogP contribution in [0.25, 0.3) is 10.9 Å². The minimum atomic E-state index is 0. The van der Waals surface area contributed by atoms with E-state index in [0.717, 1.165) is 5.39 Å². The van der Waals surface area contributed by atoms with E-state index in [0.29, 0.717) is 21.6 Å². The van der Waals surface area contributed by atoms with Crippen molar-refractivity contribution in [2.24, 2.45) is 0 Å².